The molecule has 2 rings (SSSR count). The first-order valence-electron chi connectivity index (χ1n) is 7.68. The number of rotatable bonds is 6. The molecule has 0 unspecified atom stereocenters. The molecule has 0 atom stereocenters. The Morgan fingerprint density at radius 3 is 2.41 bits per heavy atom. The summed E-state index contributed by atoms with van der Waals surface area (Å²) in [6.07, 6.45) is 3.97. The highest BCUT2D eigenvalue weighted by Gasteiger charge is 2.08. The van der Waals surface area contributed by atoms with Gasteiger partial charge in [-0.15, -0.1) is 0 Å². The summed E-state index contributed by atoms with van der Waals surface area (Å²) in [4.78, 5) is 16.4. The minimum atomic E-state index is -0.190. The van der Waals surface area contributed by atoms with Crippen LogP contribution in [0.1, 0.15) is 41.4 Å². The van der Waals surface area contributed by atoms with Crippen LogP contribution in [0.3, 0.4) is 0 Å². The monoisotopic (exact) mass is 297 g/mol. The van der Waals surface area contributed by atoms with Crippen molar-refractivity contribution in [2.75, 3.05) is 17.2 Å². The Morgan fingerprint density at radius 2 is 1.82 bits per heavy atom. The fourth-order valence-corrected chi connectivity index (χ4v) is 2.28. The number of anilines is 2. The number of unbranched alkanes of at least 4 members (excludes halogenated alkanes) is 1. The Kier molecular flexibility index (Phi) is 5.53. The smallest absolute Gasteiger partial charge is 0.274 e. The Hall–Kier alpha value is -2.36. The van der Waals surface area contributed by atoms with E-state index >= 15 is 0 Å². The highest BCUT2D eigenvalue weighted by molar-refractivity contribution is 6.03. The lowest BCUT2D eigenvalue weighted by Crippen LogP contribution is -2.14. The summed E-state index contributed by atoms with van der Waals surface area (Å²) in [7, 11) is 0. The van der Waals surface area contributed by atoms with E-state index in [4.69, 9.17) is 0 Å². The van der Waals surface area contributed by atoms with Gasteiger partial charge in [-0.05, 0) is 55.7 Å². The number of carbonyl (C=O) groups excluding carboxylic acids is 1. The number of hydrogen-bond donors (Lipinski definition) is 2. The van der Waals surface area contributed by atoms with Crippen molar-refractivity contribution in [1.82, 2.24) is 4.98 Å². The lowest BCUT2D eigenvalue weighted by Gasteiger charge is -2.08. The van der Waals surface area contributed by atoms with Gasteiger partial charge >= 0.3 is 0 Å². The minimum absolute atomic E-state index is 0.190. The normalized spacial score (nSPS) is 10.3. The molecule has 0 aliphatic rings. The summed E-state index contributed by atoms with van der Waals surface area (Å²) in [5.74, 6) is -0.190. The van der Waals surface area contributed by atoms with Crippen molar-refractivity contribution in [3.63, 3.8) is 0 Å². The second kappa shape index (κ2) is 7.59. The lowest BCUT2D eigenvalue weighted by molar-refractivity contribution is 0.102. The van der Waals surface area contributed by atoms with Crippen LogP contribution in [0.25, 0.3) is 0 Å². The third kappa shape index (κ3) is 4.58. The first-order valence-corrected chi connectivity index (χ1v) is 7.68. The molecule has 0 bridgehead atoms. The largest absolute Gasteiger partial charge is 0.384 e. The van der Waals surface area contributed by atoms with Crippen LogP contribution in [-0.4, -0.2) is 17.4 Å². The highest BCUT2D eigenvalue weighted by atomic mass is 16.1. The molecule has 22 heavy (non-hydrogen) atoms. The molecule has 2 aromatic rings. The van der Waals surface area contributed by atoms with Crippen LogP contribution in [-0.2, 0) is 0 Å². The topological polar surface area (TPSA) is 54.0 Å². The second-order valence-electron chi connectivity index (χ2n) is 5.54. The van der Waals surface area contributed by atoms with Crippen LogP contribution in [0.2, 0.25) is 0 Å². The maximum Gasteiger partial charge on any atom is 0.274 e. The molecule has 1 heterocycles. The van der Waals surface area contributed by atoms with E-state index in [1.807, 2.05) is 32.0 Å². The van der Waals surface area contributed by atoms with E-state index in [0.29, 0.717) is 5.69 Å². The Bertz CT molecular complexity index is 615. The lowest BCUT2D eigenvalue weighted by atomic mass is 10.1. The minimum Gasteiger partial charge on any atom is -0.384 e. The van der Waals surface area contributed by atoms with Crippen molar-refractivity contribution < 1.29 is 4.79 Å². The van der Waals surface area contributed by atoms with E-state index in [-0.39, 0.29) is 5.91 Å². The third-order valence-electron chi connectivity index (χ3n) is 3.34. The van der Waals surface area contributed by atoms with Crippen LogP contribution in [0.15, 0.2) is 36.5 Å². The molecule has 1 aromatic carbocycles. The van der Waals surface area contributed by atoms with Gasteiger partial charge in [0.15, 0.2) is 0 Å². The number of pyridine rings is 1. The van der Waals surface area contributed by atoms with Crippen LogP contribution in [0.4, 0.5) is 11.4 Å². The molecule has 0 aliphatic carbocycles. The molecule has 4 heteroatoms. The zero-order valence-electron chi connectivity index (χ0n) is 13.4. The van der Waals surface area contributed by atoms with Gasteiger partial charge < -0.3 is 10.6 Å². The van der Waals surface area contributed by atoms with E-state index in [9.17, 15) is 4.79 Å². The summed E-state index contributed by atoms with van der Waals surface area (Å²) in [5.41, 5.74) is 4.41. The molecule has 0 fully saturated rings. The molecule has 0 aliphatic heterocycles. The Labute approximate surface area is 132 Å². The maximum atomic E-state index is 12.2. The van der Waals surface area contributed by atoms with E-state index in [2.05, 4.69) is 28.6 Å². The quantitative estimate of drug-likeness (QED) is 0.787. The van der Waals surface area contributed by atoms with Gasteiger partial charge in [-0.2, -0.15) is 0 Å². The molecular formula is C18H23N3O. The summed E-state index contributed by atoms with van der Waals surface area (Å²) >= 11 is 0. The van der Waals surface area contributed by atoms with Gasteiger partial charge in [0.1, 0.15) is 5.69 Å². The molecule has 2 N–H and O–H groups in total. The number of carbonyl (C=O) groups is 1. The average Bonchev–Trinajstić information content (AvgIpc) is 2.47. The zero-order valence-corrected chi connectivity index (χ0v) is 13.4. The second-order valence-corrected chi connectivity index (χ2v) is 5.54. The molecule has 0 radical (unpaired) electrons. The molecule has 1 aromatic heterocycles. The molecule has 0 spiro atoms. The number of aryl methyl sites for hydroxylation is 2. The number of nitrogens with zero attached hydrogens (tertiary/aromatic N) is 1. The summed E-state index contributed by atoms with van der Waals surface area (Å²) in [6.45, 7) is 7.10. The van der Waals surface area contributed by atoms with Crippen LogP contribution < -0.4 is 10.6 Å². The predicted octanol–water partition coefficient (Wildman–Crippen LogP) is 4.16. The Morgan fingerprint density at radius 1 is 1.09 bits per heavy atom. The van der Waals surface area contributed by atoms with Gasteiger partial charge in [-0.1, -0.05) is 19.4 Å². The fraction of sp³-hybridized carbons (Fsp3) is 0.333. The first-order chi connectivity index (χ1) is 10.6. The van der Waals surface area contributed by atoms with Gasteiger partial charge in [0, 0.05) is 12.2 Å². The third-order valence-corrected chi connectivity index (χ3v) is 3.34. The van der Waals surface area contributed by atoms with Crippen LogP contribution >= 0.6 is 0 Å². The summed E-state index contributed by atoms with van der Waals surface area (Å²) in [6, 6.07) is 9.60. The van der Waals surface area contributed by atoms with Crippen LogP contribution in [0, 0.1) is 13.8 Å². The number of benzene rings is 1. The fourth-order valence-electron chi connectivity index (χ4n) is 2.28. The van der Waals surface area contributed by atoms with E-state index < -0.39 is 0 Å². The van der Waals surface area contributed by atoms with Gasteiger partial charge in [0.05, 0.1) is 11.9 Å². The Balaban J connectivity index is 2.00. The van der Waals surface area contributed by atoms with E-state index in [0.717, 1.165) is 41.9 Å². The molecule has 116 valence electrons. The van der Waals surface area contributed by atoms with E-state index in [1.165, 1.54) is 0 Å². The number of aromatic nitrogens is 1. The van der Waals surface area contributed by atoms with Gasteiger partial charge in [0.25, 0.3) is 5.91 Å². The summed E-state index contributed by atoms with van der Waals surface area (Å²) < 4.78 is 0. The van der Waals surface area contributed by atoms with Gasteiger partial charge in [-0.25, -0.2) is 4.98 Å². The number of amides is 1. The number of hydrogen-bond acceptors (Lipinski definition) is 3. The van der Waals surface area contributed by atoms with Crippen LogP contribution in [0.5, 0.6) is 0 Å². The van der Waals surface area contributed by atoms with Crippen molar-refractivity contribution >= 4 is 17.3 Å². The van der Waals surface area contributed by atoms with Crippen molar-refractivity contribution in [2.45, 2.75) is 33.6 Å². The standard InChI is InChI=1S/C18H23N3O/c1-4-5-8-19-15-6-7-17(20-12-15)18(22)21-16-10-13(2)9-14(3)11-16/h6-7,9-12,19H,4-5,8H2,1-3H3,(H,21,22). The average molecular weight is 297 g/mol. The molecule has 0 saturated carbocycles. The van der Waals surface area contributed by atoms with E-state index in [1.54, 1.807) is 12.3 Å². The van der Waals surface area contributed by atoms with Crippen molar-refractivity contribution in [3.05, 3.63) is 53.3 Å². The maximum absolute atomic E-state index is 12.2. The zero-order chi connectivity index (χ0) is 15.9. The van der Waals surface area contributed by atoms with Gasteiger partial charge in [0.2, 0.25) is 0 Å². The molecule has 1 amide bonds. The van der Waals surface area contributed by atoms with Gasteiger partial charge in [-0.3, -0.25) is 4.79 Å². The van der Waals surface area contributed by atoms with Crippen molar-refractivity contribution in [3.8, 4) is 0 Å². The SMILES string of the molecule is CCCCNc1ccc(C(=O)Nc2cc(C)cc(C)c2)nc1. The molecule has 0 saturated heterocycles. The number of nitrogens with one attached hydrogen (secondary N) is 2. The highest BCUT2D eigenvalue weighted by Crippen LogP contribution is 2.15. The predicted molar refractivity (Wildman–Crippen MR) is 91.5 cm³/mol. The van der Waals surface area contributed by atoms with Crippen molar-refractivity contribution in [2.24, 2.45) is 0 Å². The molecular weight excluding hydrogens is 274 g/mol. The summed E-state index contributed by atoms with van der Waals surface area (Å²) in [5, 5.41) is 6.17. The first kappa shape index (κ1) is 16.0. The van der Waals surface area contributed by atoms with Crippen molar-refractivity contribution in [1.29, 1.82) is 0 Å². The molecule has 4 nitrogen and oxygen atoms in total.